The summed E-state index contributed by atoms with van der Waals surface area (Å²) in [6.07, 6.45) is 13.1. The number of rotatable bonds is 7. The number of methoxy groups -OCH3 is 3. The van der Waals surface area contributed by atoms with E-state index >= 15 is 0 Å². The molecule has 1 aromatic heterocycles. The number of hydrogen-bond donors (Lipinski definition) is 0. The second-order valence-corrected chi connectivity index (χ2v) is 10.4. The number of Topliss-reactive ketones (excluding diaryl/α,β-unsaturated/α-hetero) is 2. The van der Waals surface area contributed by atoms with Crippen molar-refractivity contribution in [1.29, 1.82) is 0 Å². The number of allylic oxidation sites excluding steroid dienone is 2. The van der Waals surface area contributed by atoms with Crippen molar-refractivity contribution >= 4 is 22.5 Å². The molecular formula is C29H36O6. The zero-order valence-electron chi connectivity index (χ0n) is 21.2. The second kappa shape index (κ2) is 10.1. The number of carbonyl (C=O) groups is 2. The van der Waals surface area contributed by atoms with Crippen LogP contribution in [0.2, 0.25) is 0 Å². The molecule has 0 N–H and O–H groups in total. The van der Waals surface area contributed by atoms with Crippen LogP contribution in [0.5, 0.6) is 11.5 Å². The Labute approximate surface area is 207 Å². The summed E-state index contributed by atoms with van der Waals surface area (Å²) >= 11 is 0. The van der Waals surface area contributed by atoms with Crippen molar-refractivity contribution in [2.45, 2.75) is 77.0 Å². The monoisotopic (exact) mass is 480 g/mol. The van der Waals surface area contributed by atoms with Crippen LogP contribution in [-0.4, -0.2) is 32.9 Å². The maximum Gasteiger partial charge on any atom is 0.263 e. The first-order valence-electron chi connectivity index (χ1n) is 13.1. The van der Waals surface area contributed by atoms with Gasteiger partial charge >= 0.3 is 0 Å². The van der Waals surface area contributed by atoms with E-state index in [0.717, 1.165) is 37.7 Å². The molecule has 0 aliphatic heterocycles. The van der Waals surface area contributed by atoms with Crippen molar-refractivity contribution in [3.8, 4) is 11.5 Å². The second-order valence-electron chi connectivity index (χ2n) is 10.4. The molecular weight excluding hydrogens is 444 g/mol. The highest BCUT2D eigenvalue weighted by atomic mass is 16.5. The zero-order chi connectivity index (χ0) is 24.5. The molecule has 0 radical (unpaired) electrons. The van der Waals surface area contributed by atoms with E-state index in [0.29, 0.717) is 51.9 Å². The fourth-order valence-electron chi connectivity index (χ4n) is 6.46. The van der Waals surface area contributed by atoms with Crippen molar-refractivity contribution < 1.29 is 28.2 Å². The van der Waals surface area contributed by atoms with Gasteiger partial charge in [-0.1, -0.05) is 64.2 Å². The third-order valence-corrected chi connectivity index (χ3v) is 8.24. The Bertz CT molecular complexity index is 1160. The van der Waals surface area contributed by atoms with E-state index in [9.17, 15) is 9.59 Å². The smallest absolute Gasteiger partial charge is 0.263 e. The Morgan fingerprint density at radius 3 is 2.00 bits per heavy atom. The van der Waals surface area contributed by atoms with Crippen molar-refractivity contribution in [3.63, 3.8) is 0 Å². The Balaban J connectivity index is 1.63. The molecule has 1 aromatic carbocycles. The molecule has 2 fully saturated rings. The zero-order valence-corrected chi connectivity index (χ0v) is 21.2. The third-order valence-electron chi connectivity index (χ3n) is 8.24. The molecule has 2 saturated carbocycles. The lowest BCUT2D eigenvalue weighted by atomic mass is 9.80. The fourth-order valence-corrected chi connectivity index (χ4v) is 6.46. The van der Waals surface area contributed by atoms with Gasteiger partial charge in [0.15, 0.2) is 28.8 Å². The highest BCUT2D eigenvalue weighted by molar-refractivity contribution is 6.29. The van der Waals surface area contributed by atoms with E-state index in [4.69, 9.17) is 18.6 Å². The summed E-state index contributed by atoms with van der Waals surface area (Å²) in [6.45, 7) is 0. The number of benzene rings is 1. The molecule has 0 spiro atoms. The number of ketones is 2. The summed E-state index contributed by atoms with van der Waals surface area (Å²) in [4.78, 5) is 27.4. The summed E-state index contributed by atoms with van der Waals surface area (Å²) in [6, 6.07) is 1.79. The molecule has 6 nitrogen and oxygen atoms in total. The van der Waals surface area contributed by atoms with Gasteiger partial charge in [-0.25, -0.2) is 0 Å². The van der Waals surface area contributed by atoms with Crippen molar-refractivity contribution in [2.75, 3.05) is 21.3 Å². The minimum atomic E-state index is -0.342. The number of furan rings is 1. The average molecular weight is 481 g/mol. The van der Waals surface area contributed by atoms with Crippen LogP contribution in [0.3, 0.4) is 0 Å². The highest BCUT2D eigenvalue weighted by Gasteiger charge is 2.40. The van der Waals surface area contributed by atoms with Gasteiger partial charge in [-0.3, -0.25) is 9.59 Å². The third kappa shape index (κ3) is 4.25. The lowest BCUT2D eigenvalue weighted by molar-refractivity contribution is 0.0877. The summed E-state index contributed by atoms with van der Waals surface area (Å²) < 4.78 is 23.2. The average Bonchev–Trinajstić information content (AvgIpc) is 3.28. The Hall–Kier alpha value is -2.76. The summed E-state index contributed by atoms with van der Waals surface area (Å²) in [5.74, 6) is 1.81. The Morgan fingerprint density at radius 1 is 0.800 bits per heavy atom. The molecule has 2 aromatic rings. The van der Waals surface area contributed by atoms with Crippen LogP contribution < -0.4 is 9.47 Å². The molecule has 188 valence electrons. The van der Waals surface area contributed by atoms with Crippen LogP contribution in [0, 0.1) is 11.8 Å². The maximum absolute atomic E-state index is 13.9. The van der Waals surface area contributed by atoms with Gasteiger partial charge in [0.25, 0.3) is 5.78 Å². The SMILES string of the molecule is COC1=C(CC2CCCCC2)C(=O)c2c(oc3c(CC4CCCCC4)c(OC)c(OC)cc23)C1=O. The molecule has 1 heterocycles. The molecule has 0 atom stereocenters. The summed E-state index contributed by atoms with van der Waals surface area (Å²) in [7, 11) is 4.70. The van der Waals surface area contributed by atoms with Crippen LogP contribution >= 0.6 is 0 Å². The van der Waals surface area contributed by atoms with E-state index in [1.54, 1.807) is 20.3 Å². The van der Waals surface area contributed by atoms with Gasteiger partial charge in [0.05, 0.1) is 26.9 Å². The highest BCUT2D eigenvalue weighted by Crippen LogP contribution is 2.46. The van der Waals surface area contributed by atoms with Crippen LogP contribution in [0.25, 0.3) is 11.0 Å². The normalized spacial score (nSPS) is 19.9. The van der Waals surface area contributed by atoms with Gasteiger partial charge in [-0.2, -0.15) is 0 Å². The van der Waals surface area contributed by atoms with E-state index in [1.165, 1.54) is 45.6 Å². The number of carbonyl (C=O) groups excluding carboxylic acids is 2. The predicted octanol–water partition coefficient (Wildman–Crippen LogP) is 6.82. The molecule has 3 aliphatic rings. The Morgan fingerprint density at radius 2 is 1.43 bits per heavy atom. The molecule has 0 saturated heterocycles. The lowest BCUT2D eigenvalue weighted by Crippen LogP contribution is -2.24. The van der Waals surface area contributed by atoms with Gasteiger partial charge in [-0.05, 0) is 30.7 Å². The van der Waals surface area contributed by atoms with Gasteiger partial charge < -0.3 is 18.6 Å². The first-order chi connectivity index (χ1) is 17.1. The lowest BCUT2D eigenvalue weighted by Gasteiger charge is -2.24. The van der Waals surface area contributed by atoms with Crippen LogP contribution in [-0.2, 0) is 11.2 Å². The molecule has 0 bridgehead atoms. The topological polar surface area (TPSA) is 75.0 Å². The van der Waals surface area contributed by atoms with Crippen molar-refractivity contribution in [3.05, 3.63) is 34.3 Å². The van der Waals surface area contributed by atoms with E-state index in [-0.39, 0.29) is 23.1 Å². The number of ether oxygens (including phenoxy) is 3. The van der Waals surface area contributed by atoms with E-state index in [1.807, 2.05) is 0 Å². The van der Waals surface area contributed by atoms with E-state index < -0.39 is 0 Å². The Kier molecular flexibility index (Phi) is 6.90. The first-order valence-corrected chi connectivity index (χ1v) is 13.1. The number of fused-ring (bicyclic) bond motifs is 3. The van der Waals surface area contributed by atoms with Crippen molar-refractivity contribution in [2.24, 2.45) is 11.8 Å². The minimum absolute atomic E-state index is 0.0782. The van der Waals surface area contributed by atoms with Gasteiger partial charge in [0.1, 0.15) is 5.58 Å². The van der Waals surface area contributed by atoms with Gasteiger partial charge in [-0.15, -0.1) is 0 Å². The number of hydrogen-bond acceptors (Lipinski definition) is 6. The molecule has 5 rings (SSSR count). The van der Waals surface area contributed by atoms with Crippen molar-refractivity contribution in [1.82, 2.24) is 0 Å². The molecule has 0 unspecified atom stereocenters. The van der Waals surface area contributed by atoms with Crippen LogP contribution in [0.4, 0.5) is 0 Å². The van der Waals surface area contributed by atoms with Gasteiger partial charge in [0, 0.05) is 16.5 Å². The van der Waals surface area contributed by atoms with Gasteiger partial charge in [0.2, 0.25) is 0 Å². The molecule has 35 heavy (non-hydrogen) atoms. The van der Waals surface area contributed by atoms with E-state index in [2.05, 4.69) is 0 Å². The fraction of sp³-hybridized carbons (Fsp3) is 0.586. The largest absolute Gasteiger partial charge is 0.493 e. The summed E-state index contributed by atoms with van der Waals surface area (Å²) in [5.41, 5.74) is 2.29. The maximum atomic E-state index is 13.9. The molecule has 6 heteroatoms. The van der Waals surface area contributed by atoms with Crippen LogP contribution in [0.1, 0.15) is 97.1 Å². The molecule has 0 amide bonds. The molecule has 3 aliphatic carbocycles. The first kappa shape index (κ1) is 24.0. The quantitative estimate of drug-likeness (QED) is 0.433. The standard InChI is InChI=1S/C29H36O6/c1-32-22-16-19-23-24(30)20(14-17-10-6-4-7-11-17)28(34-3)25(31)29(23)35-26(19)21(27(22)33-2)15-18-12-8-5-9-13-18/h16-18H,4-15H2,1-3H3. The minimum Gasteiger partial charge on any atom is -0.493 e. The predicted molar refractivity (Wildman–Crippen MR) is 133 cm³/mol. The van der Waals surface area contributed by atoms with Crippen LogP contribution in [0.15, 0.2) is 21.8 Å². The summed E-state index contributed by atoms with van der Waals surface area (Å²) in [5, 5.41) is 0.637.